The second-order valence-electron chi connectivity index (χ2n) is 7.39. The molecular weight excluding hydrogens is 362 g/mol. The number of nitriles is 1. The predicted octanol–water partition coefficient (Wildman–Crippen LogP) is 3.08. The van der Waals surface area contributed by atoms with Crippen LogP contribution in [0.4, 0.5) is 5.82 Å². The number of hydrogen-bond donors (Lipinski definition) is 1. The number of nitrogens with one attached hydrogen (secondary N) is 1. The van der Waals surface area contributed by atoms with Crippen LogP contribution in [0.2, 0.25) is 0 Å². The van der Waals surface area contributed by atoms with E-state index in [-0.39, 0.29) is 5.91 Å². The smallest absolute Gasteiger partial charge is 0.224 e. The molecule has 6 nitrogen and oxygen atoms in total. The lowest BCUT2D eigenvalue weighted by atomic mass is 9.96. The summed E-state index contributed by atoms with van der Waals surface area (Å²) in [6.07, 6.45) is 5.47. The van der Waals surface area contributed by atoms with E-state index >= 15 is 0 Å². The van der Waals surface area contributed by atoms with Gasteiger partial charge < -0.3 is 10.2 Å². The number of fused-ring (bicyclic) bond motifs is 1. The second kappa shape index (κ2) is 8.70. The highest BCUT2D eigenvalue weighted by Gasteiger charge is 2.22. The molecule has 0 atom stereocenters. The SMILES string of the molecule is N#Cc1nccnc1N1CCC(CNC(=O)Cc2cccc3ccccc23)CC1. The molecule has 146 valence electrons. The van der Waals surface area contributed by atoms with Gasteiger partial charge in [0.1, 0.15) is 6.07 Å². The standard InChI is InChI=1S/C23H23N5O/c24-15-21-23(26-11-10-25-21)28-12-8-17(9-13-28)16-27-22(29)14-19-6-3-5-18-4-1-2-7-20(18)19/h1-7,10-11,17H,8-9,12-14,16H2,(H,27,29). The first-order valence-corrected chi connectivity index (χ1v) is 9.94. The molecule has 1 saturated heterocycles. The van der Waals surface area contributed by atoms with Gasteiger partial charge in [-0.05, 0) is 35.1 Å². The summed E-state index contributed by atoms with van der Waals surface area (Å²) < 4.78 is 0. The van der Waals surface area contributed by atoms with Crippen LogP contribution in [-0.2, 0) is 11.2 Å². The van der Waals surface area contributed by atoms with E-state index in [1.165, 1.54) is 0 Å². The number of carbonyl (C=O) groups is 1. The molecule has 4 rings (SSSR count). The number of amides is 1. The molecule has 0 radical (unpaired) electrons. The van der Waals surface area contributed by atoms with Crippen LogP contribution in [-0.4, -0.2) is 35.5 Å². The number of benzene rings is 2. The molecule has 3 aromatic rings. The second-order valence-corrected chi connectivity index (χ2v) is 7.39. The van der Waals surface area contributed by atoms with Crippen LogP contribution in [0, 0.1) is 17.2 Å². The Morgan fingerprint density at radius 1 is 1.10 bits per heavy atom. The van der Waals surface area contributed by atoms with Crippen molar-refractivity contribution >= 4 is 22.5 Å². The normalized spacial score (nSPS) is 14.5. The lowest BCUT2D eigenvalue weighted by Gasteiger charge is -2.32. The maximum Gasteiger partial charge on any atom is 0.224 e. The zero-order valence-electron chi connectivity index (χ0n) is 16.2. The molecule has 1 aliphatic rings. The van der Waals surface area contributed by atoms with E-state index in [9.17, 15) is 10.1 Å². The van der Waals surface area contributed by atoms with Crippen LogP contribution < -0.4 is 10.2 Å². The molecule has 6 heteroatoms. The largest absolute Gasteiger partial charge is 0.356 e. The van der Waals surface area contributed by atoms with E-state index in [0.717, 1.165) is 42.3 Å². The Labute approximate surface area is 170 Å². The molecule has 1 N–H and O–H groups in total. The number of aromatic nitrogens is 2. The molecular formula is C23H23N5O. The summed E-state index contributed by atoms with van der Waals surface area (Å²) in [5.41, 5.74) is 1.43. The summed E-state index contributed by atoms with van der Waals surface area (Å²) in [4.78, 5) is 23.0. The van der Waals surface area contributed by atoms with Crippen molar-refractivity contribution in [3.8, 4) is 6.07 Å². The van der Waals surface area contributed by atoms with E-state index < -0.39 is 0 Å². The van der Waals surface area contributed by atoms with E-state index in [1.807, 2.05) is 24.3 Å². The maximum atomic E-state index is 12.5. The molecule has 0 saturated carbocycles. The first kappa shape index (κ1) is 18.9. The summed E-state index contributed by atoms with van der Waals surface area (Å²) >= 11 is 0. The predicted molar refractivity (Wildman–Crippen MR) is 112 cm³/mol. The van der Waals surface area contributed by atoms with Crippen LogP contribution in [0.15, 0.2) is 54.9 Å². The van der Waals surface area contributed by atoms with Crippen LogP contribution in [0.1, 0.15) is 24.1 Å². The van der Waals surface area contributed by atoms with Gasteiger partial charge in [-0.15, -0.1) is 0 Å². The third-order valence-corrected chi connectivity index (χ3v) is 5.52. The van der Waals surface area contributed by atoms with Crippen molar-refractivity contribution < 1.29 is 4.79 Å². The first-order valence-electron chi connectivity index (χ1n) is 9.94. The molecule has 2 heterocycles. The molecule has 0 unspecified atom stereocenters. The molecule has 1 aromatic heterocycles. The number of carbonyl (C=O) groups excluding carboxylic acids is 1. The molecule has 1 amide bonds. The summed E-state index contributed by atoms with van der Waals surface area (Å²) in [5, 5.41) is 14.6. The van der Waals surface area contributed by atoms with Gasteiger partial charge in [0, 0.05) is 32.0 Å². The molecule has 1 fully saturated rings. The Bertz CT molecular complexity index is 1050. The van der Waals surface area contributed by atoms with Gasteiger partial charge in [0.15, 0.2) is 11.5 Å². The van der Waals surface area contributed by atoms with E-state index in [0.29, 0.717) is 30.4 Å². The van der Waals surface area contributed by atoms with Crippen LogP contribution >= 0.6 is 0 Å². The van der Waals surface area contributed by atoms with Crippen molar-refractivity contribution in [2.24, 2.45) is 5.92 Å². The fourth-order valence-corrected chi connectivity index (χ4v) is 3.93. The number of nitrogens with zero attached hydrogens (tertiary/aromatic N) is 4. The van der Waals surface area contributed by atoms with Gasteiger partial charge in [-0.2, -0.15) is 5.26 Å². The molecule has 1 aliphatic heterocycles. The first-order chi connectivity index (χ1) is 14.2. The number of hydrogen-bond acceptors (Lipinski definition) is 5. The minimum absolute atomic E-state index is 0.0597. The number of rotatable bonds is 5. The monoisotopic (exact) mass is 385 g/mol. The molecule has 0 aliphatic carbocycles. The maximum absolute atomic E-state index is 12.5. The van der Waals surface area contributed by atoms with Gasteiger partial charge in [-0.3, -0.25) is 4.79 Å². The highest BCUT2D eigenvalue weighted by molar-refractivity contribution is 5.90. The Kier molecular flexibility index (Phi) is 5.66. The fourth-order valence-electron chi connectivity index (χ4n) is 3.93. The van der Waals surface area contributed by atoms with E-state index in [1.54, 1.807) is 12.4 Å². The zero-order valence-corrected chi connectivity index (χ0v) is 16.2. The van der Waals surface area contributed by atoms with Crippen molar-refractivity contribution in [1.82, 2.24) is 15.3 Å². The van der Waals surface area contributed by atoms with E-state index in [4.69, 9.17) is 0 Å². The van der Waals surface area contributed by atoms with Crippen molar-refractivity contribution in [2.45, 2.75) is 19.3 Å². The Balaban J connectivity index is 1.29. The summed E-state index contributed by atoms with van der Waals surface area (Å²) in [5.74, 6) is 1.16. The molecule has 0 bridgehead atoms. The molecule has 2 aromatic carbocycles. The van der Waals surface area contributed by atoms with Crippen molar-refractivity contribution in [3.63, 3.8) is 0 Å². The highest BCUT2D eigenvalue weighted by atomic mass is 16.1. The summed E-state index contributed by atoms with van der Waals surface area (Å²) in [6.45, 7) is 2.32. The Morgan fingerprint density at radius 3 is 2.69 bits per heavy atom. The third-order valence-electron chi connectivity index (χ3n) is 5.52. The molecule has 0 spiro atoms. The van der Waals surface area contributed by atoms with Crippen molar-refractivity contribution in [2.75, 3.05) is 24.5 Å². The van der Waals surface area contributed by atoms with Crippen molar-refractivity contribution in [3.05, 3.63) is 66.1 Å². The average molecular weight is 385 g/mol. The van der Waals surface area contributed by atoms with E-state index in [2.05, 4.69) is 44.5 Å². The Hall–Kier alpha value is -3.46. The highest BCUT2D eigenvalue weighted by Crippen LogP contribution is 2.23. The van der Waals surface area contributed by atoms with Gasteiger partial charge >= 0.3 is 0 Å². The minimum Gasteiger partial charge on any atom is -0.356 e. The number of piperidine rings is 1. The lowest BCUT2D eigenvalue weighted by molar-refractivity contribution is -0.120. The van der Waals surface area contributed by atoms with Gasteiger partial charge in [0.05, 0.1) is 6.42 Å². The van der Waals surface area contributed by atoms with Gasteiger partial charge in [0.2, 0.25) is 5.91 Å². The zero-order chi connectivity index (χ0) is 20.1. The lowest BCUT2D eigenvalue weighted by Crippen LogP contribution is -2.39. The topological polar surface area (TPSA) is 81.9 Å². The summed E-state index contributed by atoms with van der Waals surface area (Å²) in [6, 6.07) is 16.4. The fraction of sp³-hybridized carbons (Fsp3) is 0.304. The quantitative estimate of drug-likeness (QED) is 0.730. The van der Waals surface area contributed by atoms with Crippen LogP contribution in [0.3, 0.4) is 0 Å². The van der Waals surface area contributed by atoms with Crippen LogP contribution in [0.5, 0.6) is 0 Å². The van der Waals surface area contributed by atoms with Crippen molar-refractivity contribution in [1.29, 1.82) is 5.26 Å². The summed E-state index contributed by atoms with van der Waals surface area (Å²) in [7, 11) is 0. The van der Waals surface area contributed by atoms with Gasteiger partial charge in [-0.25, -0.2) is 9.97 Å². The van der Waals surface area contributed by atoms with Gasteiger partial charge in [0.25, 0.3) is 0 Å². The third kappa shape index (κ3) is 4.35. The minimum atomic E-state index is 0.0597. The van der Waals surface area contributed by atoms with Crippen LogP contribution in [0.25, 0.3) is 10.8 Å². The average Bonchev–Trinajstić information content (AvgIpc) is 2.78. The number of anilines is 1. The Morgan fingerprint density at radius 2 is 1.86 bits per heavy atom. The molecule has 29 heavy (non-hydrogen) atoms. The van der Waals surface area contributed by atoms with Gasteiger partial charge in [-0.1, -0.05) is 42.5 Å².